The number of nitrogens with zero attached hydrogens (tertiary/aromatic N) is 4. The molecule has 2 aliphatic heterocycles. The Kier molecular flexibility index (Phi) is 11.8. The van der Waals surface area contributed by atoms with Crippen molar-refractivity contribution in [1.82, 2.24) is 20.0 Å². The minimum Gasteiger partial charge on any atom is -0.444 e. The quantitative estimate of drug-likeness (QED) is 0.319. The van der Waals surface area contributed by atoms with Gasteiger partial charge in [0, 0.05) is 45.8 Å². The molecule has 7 nitrogen and oxygen atoms in total. The van der Waals surface area contributed by atoms with Crippen LogP contribution in [0.2, 0.25) is 0 Å². The summed E-state index contributed by atoms with van der Waals surface area (Å²) in [7, 11) is 1.88. The molecule has 0 aromatic heterocycles. The van der Waals surface area contributed by atoms with Crippen molar-refractivity contribution in [3.8, 4) is 0 Å². The summed E-state index contributed by atoms with van der Waals surface area (Å²) in [6, 6.07) is 0.626. The van der Waals surface area contributed by atoms with Gasteiger partial charge in [0.2, 0.25) is 0 Å². The second-order valence-electron chi connectivity index (χ2n) is 9.30. The predicted molar refractivity (Wildman–Crippen MR) is 135 cm³/mol. The highest BCUT2D eigenvalue weighted by Crippen LogP contribution is 2.20. The third-order valence-corrected chi connectivity index (χ3v) is 6.04. The van der Waals surface area contributed by atoms with E-state index in [9.17, 15) is 4.79 Å². The van der Waals surface area contributed by atoms with Gasteiger partial charge in [-0.2, -0.15) is 0 Å². The fourth-order valence-electron chi connectivity index (χ4n) is 4.38. The Labute approximate surface area is 201 Å². The van der Waals surface area contributed by atoms with Gasteiger partial charge in [-0.05, 0) is 72.4 Å². The number of hydrogen-bond acceptors (Lipinski definition) is 4. The van der Waals surface area contributed by atoms with Gasteiger partial charge in [-0.15, -0.1) is 24.0 Å². The Hall–Kier alpha value is -0.770. The summed E-state index contributed by atoms with van der Waals surface area (Å²) in [5.74, 6) is 1.54. The molecular formula is C22H44IN5O2. The zero-order chi connectivity index (χ0) is 21.4. The first kappa shape index (κ1) is 27.3. The molecular weight excluding hydrogens is 493 g/mol. The lowest BCUT2D eigenvalue weighted by Crippen LogP contribution is -2.50. The van der Waals surface area contributed by atoms with Crippen LogP contribution in [0.3, 0.4) is 0 Å². The number of guanidine groups is 1. The number of likely N-dealkylation sites (N-methyl/N-ethyl adjacent to an activating group) is 1. The molecule has 176 valence electrons. The van der Waals surface area contributed by atoms with Gasteiger partial charge in [-0.3, -0.25) is 9.89 Å². The highest BCUT2D eigenvalue weighted by atomic mass is 127. The summed E-state index contributed by atoms with van der Waals surface area (Å²) in [6.45, 7) is 16.8. The van der Waals surface area contributed by atoms with Gasteiger partial charge in [0.1, 0.15) is 5.60 Å². The lowest BCUT2D eigenvalue weighted by molar-refractivity contribution is 0.0214. The van der Waals surface area contributed by atoms with E-state index in [0.29, 0.717) is 18.5 Å². The number of halogens is 1. The maximum Gasteiger partial charge on any atom is 0.410 e. The first-order chi connectivity index (χ1) is 13.8. The number of nitrogens with one attached hydrogen (secondary N) is 1. The molecule has 1 amide bonds. The minimum absolute atomic E-state index is 0. The summed E-state index contributed by atoms with van der Waals surface area (Å²) in [6.07, 6.45) is 4.53. The van der Waals surface area contributed by atoms with Gasteiger partial charge in [0.15, 0.2) is 5.96 Å². The van der Waals surface area contributed by atoms with Gasteiger partial charge in [-0.25, -0.2) is 4.79 Å². The van der Waals surface area contributed by atoms with Crippen LogP contribution in [0.4, 0.5) is 4.79 Å². The number of carbonyl (C=O) groups is 1. The third kappa shape index (κ3) is 8.40. The summed E-state index contributed by atoms with van der Waals surface area (Å²) in [4.78, 5) is 23.7. The molecule has 2 heterocycles. The van der Waals surface area contributed by atoms with E-state index in [4.69, 9.17) is 4.74 Å². The van der Waals surface area contributed by atoms with Crippen LogP contribution in [-0.2, 0) is 4.74 Å². The van der Waals surface area contributed by atoms with E-state index in [1.807, 2.05) is 39.6 Å². The molecule has 1 N–H and O–H groups in total. The Morgan fingerprint density at radius 2 is 1.83 bits per heavy atom. The van der Waals surface area contributed by atoms with Crippen LogP contribution in [-0.4, -0.2) is 91.3 Å². The smallest absolute Gasteiger partial charge is 0.410 e. The van der Waals surface area contributed by atoms with E-state index in [-0.39, 0.29) is 30.1 Å². The van der Waals surface area contributed by atoms with Crippen LogP contribution in [0.15, 0.2) is 4.99 Å². The fourth-order valence-corrected chi connectivity index (χ4v) is 4.38. The number of hydrogen-bond donors (Lipinski definition) is 1. The highest BCUT2D eigenvalue weighted by Gasteiger charge is 2.28. The summed E-state index contributed by atoms with van der Waals surface area (Å²) in [5, 5.41) is 3.61. The Balaban J connectivity index is 0.00000450. The molecule has 0 radical (unpaired) electrons. The zero-order valence-corrected chi connectivity index (χ0v) is 22.3. The molecule has 0 saturated carbocycles. The molecule has 1 unspecified atom stereocenters. The second-order valence-corrected chi connectivity index (χ2v) is 9.30. The van der Waals surface area contributed by atoms with E-state index < -0.39 is 5.60 Å². The second kappa shape index (κ2) is 12.9. The Morgan fingerprint density at radius 3 is 2.37 bits per heavy atom. The lowest BCUT2D eigenvalue weighted by Gasteiger charge is -2.37. The van der Waals surface area contributed by atoms with Gasteiger partial charge in [0.05, 0.1) is 0 Å². The topological polar surface area (TPSA) is 60.4 Å². The van der Waals surface area contributed by atoms with Crippen LogP contribution in [0, 0.1) is 5.92 Å². The normalized spacial score (nSPS) is 21.3. The van der Waals surface area contributed by atoms with Gasteiger partial charge in [0.25, 0.3) is 0 Å². The number of amides is 1. The highest BCUT2D eigenvalue weighted by molar-refractivity contribution is 14.0. The molecule has 2 rings (SSSR count). The maximum atomic E-state index is 12.4. The van der Waals surface area contributed by atoms with E-state index in [1.54, 1.807) is 0 Å². The largest absolute Gasteiger partial charge is 0.444 e. The van der Waals surface area contributed by atoms with Gasteiger partial charge < -0.3 is 19.9 Å². The standard InChI is InChI=1S/C22H43N5O2.HI/c1-7-25-13-9-10-19(25)16-24-20(23-6)27-14-11-18(12-15-27)17-26(8-2)21(28)29-22(3,4)5;/h18-19H,7-17H2,1-6H3,(H,23,24);1H. The third-order valence-electron chi connectivity index (χ3n) is 6.04. The number of carbonyl (C=O) groups excluding carboxylic acids is 1. The molecule has 0 spiro atoms. The molecule has 0 aliphatic carbocycles. The summed E-state index contributed by atoms with van der Waals surface area (Å²) >= 11 is 0. The molecule has 2 aliphatic rings. The van der Waals surface area contributed by atoms with Crippen molar-refractivity contribution in [2.45, 2.75) is 71.9 Å². The molecule has 0 aromatic carbocycles. The van der Waals surface area contributed by atoms with Crippen molar-refractivity contribution in [2.24, 2.45) is 10.9 Å². The summed E-state index contributed by atoms with van der Waals surface area (Å²) < 4.78 is 5.55. The first-order valence-corrected chi connectivity index (χ1v) is 11.4. The molecule has 8 heteroatoms. The average Bonchev–Trinajstić information content (AvgIpc) is 3.13. The fraction of sp³-hybridized carbons (Fsp3) is 0.909. The van der Waals surface area contributed by atoms with Crippen LogP contribution < -0.4 is 5.32 Å². The van der Waals surface area contributed by atoms with Crippen molar-refractivity contribution in [1.29, 1.82) is 0 Å². The zero-order valence-electron chi connectivity index (χ0n) is 19.9. The molecule has 0 aromatic rings. The van der Waals surface area contributed by atoms with Crippen LogP contribution in [0.25, 0.3) is 0 Å². The first-order valence-electron chi connectivity index (χ1n) is 11.4. The van der Waals surface area contributed by atoms with Crippen molar-refractivity contribution in [3.63, 3.8) is 0 Å². The monoisotopic (exact) mass is 537 g/mol. The molecule has 30 heavy (non-hydrogen) atoms. The van der Waals surface area contributed by atoms with Crippen molar-refractivity contribution >= 4 is 36.0 Å². The van der Waals surface area contributed by atoms with Crippen LogP contribution in [0.5, 0.6) is 0 Å². The Morgan fingerprint density at radius 1 is 1.17 bits per heavy atom. The van der Waals surface area contributed by atoms with Crippen molar-refractivity contribution < 1.29 is 9.53 Å². The molecule has 1 atom stereocenters. The molecule has 2 saturated heterocycles. The number of aliphatic imine (C=N–C) groups is 1. The molecule has 0 bridgehead atoms. The predicted octanol–water partition coefficient (Wildman–Crippen LogP) is 3.63. The number of likely N-dealkylation sites (tertiary alicyclic amines) is 2. The maximum absolute atomic E-state index is 12.4. The number of ether oxygens (including phenoxy) is 1. The Bertz CT molecular complexity index is 544. The van der Waals surface area contributed by atoms with Crippen LogP contribution in [0.1, 0.15) is 60.3 Å². The number of rotatable bonds is 6. The van der Waals surface area contributed by atoms with E-state index >= 15 is 0 Å². The van der Waals surface area contributed by atoms with Crippen molar-refractivity contribution in [2.75, 3.05) is 52.9 Å². The van der Waals surface area contributed by atoms with Crippen molar-refractivity contribution in [3.05, 3.63) is 0 Å². The molecule has 2 fully saturated rings. The van der Waals surface area contributed by atoms with Crippen LogP contribution >= 0.6 is 24.0 Å². The van der Waals surface area contributed by atoms with Gasteiger partial charge in [-0.1, -0.05) is 6.92 Å². The average molecular weight is 538 g/mol. The summed E-state index contributed by atoms with van der Waals surface area (Å²) in [5.41, 5.74) is -0.446. The SMILES string of the molecule is CCN(CC1CCN(C(=NC)NCC2CCCN2CC)CC1)C(=O)OC(C)(C)C.I. The lowest BCUT2D eigenvalue weighted by atomic mass is 9.96. The van der Waals surface area contributed by atoms with Gasteiger partial charge >= 0.3 is 6.09 Å². The van der Waals surface area contributed by atoms with E-state index in [2.05, 4.69) is 27.0 Å². The minimum atomic E-state index is -0.446. The number of piperidine rings is 1. The van der Waals surface area contributed by atoms with E-state index in [0.717, 1.165) is 51.5 Å². The van der Waals surface area contributed by atoms with E-state index in [1.165, 1.54) is 19.4 Å².